The highest BCUT2D eigenvalue weighted by Gasteiger charge is 2.15. The van der Waals surface area contributed by atoms with E-state index in [1.165, 1.54) is 11.1 Å². The lowest BCUT2D eigenvalue weighted by atomic mass is 9.87. The number of nitrogens with one attached hydrogen (secondary N) is 1. The molecule has 0 radical (unpaired) electrons. The molecule has 0 aliphatic heterocycles. The molecule has 162 valence electrons. The summed E-state index contributed by atoms with van der Waals surface area (Å²) in [6.07, 6.45) is 0.828. The first-order chi connectivity index (χ1) is 14.8. The summed E-state index contributed by atoms with van der Waals surface area (Å²) >= 11 is 3.53. The molecule has 0 aliphatic rings. The number of benzene rings is 3. The fraction of sp³-hybridized carbons (Fsp3) is 0.269. The van der Waals surface area contributed by atoms with Crippen LogP contribution < -0.4 is 14.8 Å². The molecule has 5 heteroatoms. The largest absolute Gasteiger partial charge is 0.493 e. The molecule has 0 bridgehead atoms. The number of rotatable bonds is 8. The first-order valence-corrected chi connectivity index (χ1v) is 11.1. The Kier molecular flexibility index (Phi) is 7.75. The predicted octanol–water partition coefficient (Wildman–Crippen LogP) is 6.39. The number of halogens is 1. The van der Waals surface area contributed by atoms with Crippen molar-refractivity contribution in [1.29, 1.82) is 0 Å². The van der Waals surface area contributed by atoms with Crippen molar-refractivity contribution in [2.75, 3.05) is 18.5 Å². The standard InChI is InChI=1S/C26H28BrNO3/c1-26(2,3)20-12-13-24(23(27)16-20)31-18-25(29)28-21-10-7-11-22(17-21)30-15-14-19-8-5-4-6-9-19/h4-13,16-17H,14-15,18H2,1-3H3,(H,28,29). The SMILES string of the molecule is CC(C)(C)c1ccc(OCC(=O)Nc2cccc(OCCc3ccccc3)c2)c(Br)c1. The summed E-state index contributed by atoms with van der Waals surface area (Å²) in [4.78, 5) is 12.3. The van der Waals surface area contributed by atoms with Gasteiger partial charge in [0.1, 0.15) is 11.5 Å². The van der Waals surface area contributed by atoms with Crippen molar-refractivity contribution in [2.24, 2.45) is 0 Å². The van der Waals surface area contributed by atoms with Crippen molar-refractivity contribution in [1.82, 2.24) is 0 Å². The lowest BCUT2D eigenvalue weighted by Gasteiger charge is -2.20. The summed E-state index contributed by atoms with van der Waals surface area (Å²) in [7, 11) is 0. The van der Waals surface area contributed by atoms with Crippen molar-refractivity contribution < 1.29 is 14.3 Å². The zero-order valence-electron chi connectivity index (χ0n) is 18.2. The van der Waals surface area contributed by atoms with Crippen molar-refractivity contribution >= 4 is 27.5 Å². The Balaban J connectivity index is 1.50. The Bertz CT molecular complexity index is 1010. The van der Waals surface area contributed by atoms with E-state index in [1.54, 1.807) is 0 Å². The van der Waals surface area contributed by atoms with Gasteiger partial charge in [-0.15, -0.1) is 0 Å². The topological polar surface area (TPSA) is 47.6 Å². The third-order valence-electron chi connectivity index (χ3n) is 4.78. The molecule has 4 nitrogen and oxygen atoms in total. The van der Waals surface area contributed by atoms with Crippen LogP contribution in [0.2, 0.25) is 0 Å². The first-order valence-electron chi connectivity index (χ1n) is 10.3. The summed E-state index contributed by atoms with van der Waals surface area (Å²) in [5, 5.41) is 2.86. The van der Waals surface area contributed by atoms with Crippen LogP contribution in [0.3, 0.4) is 0 Å². The second kappa shape index (κ2) is 10.5. The van der Waals surface area contributed by atoms with E-state index in [1.807, 2.05) is 60.7 Å². The average molecular weight is 482 g/mol. The number of anilines is 1. The molecule has 0 atom stereocenters. The van der Waals surface area contributed by atoms with E-state index < -0.39 is 0 Å². The van der Waals surface area contributed by atoms with Gasteiger partial charge in [-0.1, -0.05) is 63.2 Å². The minimum absolute atomic E-state index is 0.0482. The van der Waals surface area contributed by atoms with Crippen LogP contribution in [0.5, 0.6) is 11.5 Å². The smallest absolute Gasteiger partial charge is 0.262 e. The number of carbonyl (C=O) groups is 1. The monoisotopic (exact) mass is 481 g/mol. The molecule has 31 heavy (non-hydrogen) atoms. The number of hydrogen-bond donors (Lipinski definition) is 1. The highest BCUT2D eigenvalue weighted by molar-refractivity contribution is 9.10. The van der Waals surface area contributed by atoms with E-state index in [9.17, 15) is 4.79 Å². The Morgan fingerprint density at radius 2 is 1.71 bits per heavy atom. The number of carbonyl (C=O) groups excluding carboxylic acids is 1. The molecule has 0 heterocycles. The molecule has 0 aliphatic carbocycles. The highest BCUT2D eigenvalue weighted by Crippen LogP contribution is 2.31. The molecular formula is C26H28BrNO3. The molecule has 1 amide bonds. The van der Waals surface area contributed by atoms with Crippen LogP contribution in [0.15, 0.2) is 77.3 Å². The van der Waals surface area contributed by atoms with Gasteiger partial charge in [-0.25, -0.2) is 0 Å². The van der Waals surface area contributed by atoms with E-state index in [-0.39, 0.29) is 17.9 Å². The molecular weight excluding hydrogens is 454 g/mol. The molecule has 3 aromatic rings. The van der Waals surface area contributed by atoms with E-state index in [0.29, 0.717) is 18.0 Å². The summed E-state index contributed by atoms with van der Waals surface area (Å²) in [6.45, 7) is 6.96. The van der Waals surface area contributed by atoms with Crippen molar-refractivity contribution in [3.05, 3.63) is 88.4 Å². The second-order valence-electron chi connectivity index (χ2n) is 8.34. The van der Waals surface area contributed by atoms with Gasteiger partial charge in [0, 0.05) is 18.2 Å². The zero-order valence-corrected chi connectivity index (χ0v) is 19.7. The normalized spacial score (nSPS) is 11.1. The number of amides is 1. The van der Waals surface area contributed by atoms with Crippen LogP contribution in [0.25, 0.3) is 0 Å². The Labute approximate surface area is 192 Å². The quantitative estimate of drug-likeness (QED) is 0.405. The second-order valence-corrected chi connectivity index (χ2v) is 9.20. The van der Waals surface area contributed by atoms with Crippen molar-refractivity contribution in [3.8, 4) is 11.5 Å². The Morgan fingerprint density at radius 3 is 2.42 bits per heavy atom. The molecule has 0 aromatic heterocycles. The fourth-order valence-electron chi connectivity index (χ4n) is 3.02. The maximum absolute atomic E-state index is 12.3. The van der Waals surface area contributed by atoms with Crippen LogP contribution in [-0.2, 0) is 16.6 Å². The molecule has 0 saturated carbocycles. The average Bonchev–Trinajstić information content (AvgIpc) is 2.73. The molecule has 0 saturated heterocycles. The summed E-state index contributed by atoms with van der Waals surface area (Å²) in [5.74, 6) is 1.13. The van der Waals surface area contributed by atoms with Gasteiger partial charge >= 0.3 is 0 Å². The van der Waals surface area contributed by atoms with E-state index in [0.717, 1.165) is 16.6 Å². The minimum Gasteiger partial charge on any atom is -0.493 e. The highest BCUT2D eigenvalue weighted by atomic mass is 79.9. The Morgan fingerprint density at radius 1 is 0.935 bits per heavy atom. The molecule has 0 fully saturated rings. The van der Waals surface area contributed by atoms with E-state index in [2.05, 4.69) is 54.2 Å². The van der Waals surface area contributed by atoms with E-state index >= 15 is 0 Å². The molecule has 0 unspecified atom stereocenters. The first kappa shape index (κ1) is 22.9. The fourth-order valence-corrected chi connectivity index (χ4v) is 3.51. The van der Waals surface area contributed by atoms with Gasteiger partial charge < -0.3 is 14.8 Å². The predicted molar refractivity (Wildman–Crippen MR) is 129 cm³/mol. The minimum atomic E-state index is -0.228. The molecule has 3 rings (SSSR count). The third-order valence-corrected chi connectivity index (χ3v) is 5.40. The lowest BCUT2D eigenvalue weighted by molar-refractivity contribution is -0.118. The van der Waals surface area contributed by atoms with Gasteiger partial charge in [0.25, 0.3) is 5.91 Å². The summed E-state index contributed by atoms with van der Waals surface area (Å²) in [6, 6.07) is 23.5. The van der Waals surface area contributed by atoms with Crippen molar-refractivity contribution in [3.63, 3.8) is 0 Å². The molecule has 0 spiro atoms. The molecule has 3 aromatic carbocycles. The van der Waals surface area contributed by atoms with Crippen LogP contribution in [-0.4, -0.2) is 19.1 Å². The van der Waals surface area contributed by atoms with Gasteiger partial charge in [-0.2, -0.15) is 0 Å². The van der Waals surface area contributed by atoms with Crippen molar-refractivity contribution in [2.45, 2.75) is 32.6 Å². The van der Waals surface area contributed by atoms with Gasteiger partial charge in [-0.3, -0.25) is 4.79 Å². The summed E-state index contributed by atoms with van der Waals surface area (Å²) in [5.41, 5.74) is 3.14. The summed E-state index contributed by atoms with van der Waals surface area (Å²) < 4.78 is 12.4. The maximum atomic E-state index is 12.3. The number of hydrogen-bond acceptors (Lipinski definition) is 3. The molecule has 1 N–H and O–H groups in total. The van der Waals surface area contributed by atoms with Gasteiger partial charge in [0.05, 0.1) is 11.1 Å². The van der Waals surface area contributed by atoms with Crippen LogP contribution in [0.4, 0.5) is 5.69 Å². The third kappa shape index (κ3) is 7.14. The van der Waals surface area contributed by atoms with Gasteiger partial charge in [0.15, 0.2) is 6.61 Å². The van der Waals surface area contributed by atoms with Crippen LogP contribution >= 0.6 is 15.9 Å². The zero-order chi connectivity index (χ0) is 22.3. The van der Waals surface area contributed by atoms with Crippen LogP contribution in [0, 0.1) is 0 Å². The van der Waals surface area contributed by atoms with Gasteiger partial charge in [0.2, 0.25) is 0 Å². The number of ether oxygens (including phenoxy) is 2. The van der Waals surface area contributed by atoms with Crippen LogP contribution in [0.1, 0.15) is 31.9 Å². The van der Waals surface area contributed by atoms with E-state index in [4.69, 9.17) is 9.47 Å². The maximum Gasteiger partial charge on any atom is 0.262 e. The van der Waals surface area contributed by atoms with Gasteiger partial charge in [-0.05, 0) is 56.7 Å². The Hall–Kier alpha value is -2.79. The lowest BCUT2D eigenvalue weighted by Crippen LogP contribution is -2.20.